The summed E-state index contributed by atoms with van der Waals surface area (Å²) in [6.45, 7) is 0. The van der Waals surface area contributed by atoms with Gasteiger partial charge in [-0.2, -0.15) is 5.10 Å². The largest absolute Gasteiger partial charge is 0.419 e. The van der Waals surface area contributed by atoms with E-state index in [0.717, 1.165) is 16.3 Å². The van der Waals surface area contributed by atoms with Crippen molar-refractivity contribution in [2.24, 2.45) is 5.10 Å². The quantitative estimate of drug-likeness (QED) is 0.116. The van der Waals surface area contributed by atoms with Crippen LogP contribution >= 0.6 is 0 Å². The highest BCUT2D eigenvalue weighted by Crippen LogP contribution is 2.30. The predicted octanol–water partition coefficient (Wildman–Crippen LogP) is 5.97. The normalized spacial score (nSPS) is 10.8. The van der Waals surface area contributed by atoms with E-state index in [2.05, 4.69) is 10.5 Å². The number of ether oxygens (including phenoxy) is 2. The predicted molar refractivity (Wildman–Crippen MR) is 153 cm³/mol. The topological polar surface area (TPSA) is 94.1 Å². The van der Waals surface area contributed by atoms with Crippen molar-refractivity contribution in [1.29, 1.82) is 0 Å². The Morgan fingerprint density at radius 2 is 1.25 bits per heavy atom. The van der Waals surface area contributed by atoms with E-state index < -0.39 is 11.9 Å². The first-order valence-electron chi connectivity index (χ1n) is 12.5. The Morgan fingerprint density at radius 3 is 1.95 bits per heavy atom. The molecule has 0 aliphatic rings. The van der Waals surface area contributed by atoms with E-state index in [0.29, 0.717) is 16.7 Å². The fourth-order valence-electron chi connectivity index (χ4n) is 4.07. The molecule has 0 spiro atoms. The molecule has 0 saturated carbocycles. The lowest BCUT2D eigenvalue weighted by Crippen LogP contribution is -2.20. The van der Waals surface area contributed by atoms with E-state index in [1.54, 1.807) is 66.7 Å². The van der Waals surface area contributed by atoms with Crippen molar-refractivity contribution in [3.05, 3.63) is 144 Å². The number of rotatable bonds is 8. The molecule has 0 aliphatic carbocycles. The third-order valence-electron chi connectivity index (χ3n) is 6.03. The molecule has 0 saturated heterocycles. The number of carbonyl (C=O) groups excluding carboxylic acids is 3. The van der Waals surface area contributed by atoms with Crippen molar-refractivity contribution in [2.75, 3.05) is 0 Å². The number of carbonyl (C=O) groups is 3. The fraction of sp³-hybridized carbons (Fsp3) is 0.0303. The second kappa shape index (κ2) is 12.3. The molecule has 196 valence electrons. The SMILES string of the molecule is O=C(Cc1cccc2ccccc12)N/N=C/c1ccc(OC(=O)c2ccccc2)c(OC(=O)c2ccccc2)c1. The van der Waals surface area contributed by atoms with Crippen molar-refractivity contribution in [3.8, 4) is 11.5 Å². The monoisotopic (exact) mass is 528 g/mol. The van der Waals surface area contributed by atoms with Gasteiger partial charge in [-0.25, -0.2) is 15.0 Å². The van der Waals surface area contributed by atoms with Crippen molar-refractivity contribution < 1.29 is 23.9 Å². The van der Waals surface area contributed by atoms with Crippen LogP contribution in [0.5, 0.6) is 11.5 Å². The highest BCUT2D eigenvalue weighted by atomic mass is 16.6. The van der Waals surface area contributed by atoms with Gasteiger partial charge in [-0.15, -0.1) is 0 Å². The molecule has 5 rings (SSSR count). The second-order valence-corrected chi connectivity index (χ2v) is 8.83. The average molecular weight is 529 g/mol. The number of nitrogens with zero attached hydrogens (tertiary/aromatic N) is 1. The van der Waals surface area contributed by atoms with Gasteiger partial charge in [0, 0.05) is 0 Å². The molecule has 0 atom stereocenters. The maximum absolute atomic E-state index is 12.8. The molecule has 0 aliphatic heterocycles. The van der Waals surface area contributed by atoms with Crippen LogP contribution in [0.25, 0.3) is 10.8 Å². The molecule has 0 radical (unpaired) electrons. The number of fused-ring (bicyclic) bond motifs is 1. The van der Waals surface area contributed by atoms with Gasteiger partial charge in [0.05, 0.1) is 23.8 Å². The first-order chi connectivity index (χ1) is 19.6. The first-order valence-corrected chi connectivity index (χ1v) is 12.5. The van der Waals surface area contributed by atoms with Crippen LogP contribution in [0.15, 0.2) is 126 Å². The Kier molecular flexibility index (Phi) is 8.03. The zero-order valence-electron chi connectivity index (χ0n) is 21.3. The summed E-state index contributed by atoms with van der Waals surface area (Å²) < 4.78 is 11.1. The molecular formula is C33H24N2O5. The van der Waals surface area contributed by atoms with Gasteiger partial charge in [0.1, 0.15) is 0 Å². The number of nitrogens with one attached hydrogen (secondary N) is 1. The lowest BCUT2D eigenvalue weighted by atomic mass is 10.0. The smallest absolute Gasteiger partial charge is 0.343 e. The highest BCUT2D eigenvalue weighted by molar-refractivity contribution is 5.94. The van der Waals surface area contributed by atoms with Crippen LogP contribution in [0.1, 0.15) is 31.8 Å². The van der Waals surface area contributed by atoms with Gasteiger partial charge in [-0.05, 0) is 64.4 Å². The molecule has 1 amide bonds. The van der Waals surface area contributed by atoms with Crippen LogP contribution in [0, 0.1) is 0 Å². The molecule has 5 aromatic carbocycles. The average Bonchev–Trinajstić information content (AvgIpc) is 2.99. The number of esters is 2. The number of hydrogen-bond acceptors (Lipinski definition) is 6. The summed E-state index contributed by atoms with van der Waals surface area (Å²) in [7, 11) is 0. The van der Waals surface area contributed by atoms with Gasteiger partial charge < -0.3 is 9.47 Å². The van der Waals surface area contributed by atoms with Crippen molar-refractivity contribution in [3.63, 3.8) is 0 Å². The Hall–Kier alpha value is -5.56. The second-order valence-electron chi connectivity index (χ2n) is 8.83. The Morgan fingerprint density at radius 1 is 0.650 bits per heavy atom. The molecule has 0 fully saturated rings. The maximum atomic E-state index is 12.8. The summed E-state index contributed by atoms with van der Waals surface area (Å²) in [6.07, 6.45) is 1.58. The van der Waals surface area contributed by atoms with Gasteiger partial charge in [0.25, 0.3) is 0 Å². The van der Waals surface area contributed by atoms with Gasteiger partial charge in [0.15, 0.2) is 11.5 Å². The van der Waals surface area contributed by atoms with E-state index in [1.807, 2.05) is 42.5 Å². The van der Waals surface area contributed by atoms with E-state index in [1.165, 1.54) is 18.3 Å². The molecule has 0 bridgehead atoms. The maximum Gasteiger partial charge on any atom is 0.343 e. The zero-order valence-corrected chi connectivity index (χ0v) is 21.3. The minimum atomic E-state index is -0.616. The Labute approximate surface area is 230 Å². The minimum absolute atomic E-state index is 0.0316. The molecular weight excluding hydrogens is 504 g/mol. The Bertz CT molecular complexity index is 1690. The third kappa shape index (κ3) is 6.46. The number of hydrogen-bond donors (Lipinski definition) is 1. The van der Waals surface area contributed by atoms with Crippen LogP contribution in [0.3, 0.4) is 0 Å². The van der Waals surface area contributed by atoms with Crippen LogP contribution in [0.2, 0.25) is 0 Å². The number of hydrazone groups is 1. The van der Waals surface area contributed by atoms with Gasteiger partial charge in [0.2, 0.25) is 5.91 Å². The number of amides is 1. The molecule has 0 unspecified atom stereocenters. The number of benzene rings is 5. The van der Waals surface area contributed by atoms with E-state index in [4.69, 9.17) is 9.47 Å². The van der Waals surface area contributed by atoms with Gasteiger partial charge in [-0.1, -0.05) is 78.9 Å². The molecule has 40 heavy (non-hydrogen) atoms. The highest BCUT2D eigenvalue weighted by Gasteiger charge is 2.17. The first kappa shape index (κ1) is 26.1. The Balaban J connectivity index is 1.32. The van der Waals surface area contributed by atoms with Gasteiger partial charge >= 0.3 is 11.9 Å². The van der Waals surface area contributed by atoms with Crippen molar-refractivity contribution in [1.82, 2.24) is 5.43 Å². The van der Waals surface area contributed by atoms with Crippen molar-refractivity contribution in [2.45, 2.75) is 6.42 Å². The van der Waals surface area contributed by atoms with E-state index in [-0.39, 0.29) is 23.8 Å². The summed E-state index contributed by atoms with van der Waals surface area (Å²) in [4.78, 5) is 38.0. The van der Waals surface area contributed by atoms with Crippen LogP contribution in [-0.4, -0.2) is 24.1 Å². The standard InChI is InChI=1S/C33H24N2O5/c36-31(21-27-16-9-15-24-10-7-8-17-28(24)27)35-34-22-23-18-19-29(39-32(37)25-11-3-1-4-12-25)30(20-23)40-33(38)26-13-5-2-6-14-26/h1-20,22H,21H2,(H,35,36)/b34-22+. The summed E-state index contributed by atoms with van der Waals surface area (Å²) in [5.41, 5.74) is 4.63. The molecule has 7 heteroatoms. The van der Waals surface area contributed by atoms with Crippen LogP contribution in [-0.2, 0) is 11.2 Å². The van der Waals surface area contributed by atoms with Gasteiger partial charge in [-0.3, -0.25) is 4.79 Å². The lowest BCUT2D eigenvalue weighted by molar-refractivity contribution is -0.120. The minimum Gasteiger partial charge on any atom is -0.419 e. The molecule has 7 nitrogen and oxygen atoms in total. The van der Waals surface area contributed by atoms with E-state index >= 15 is 0 Å². The van der Waals surface area contributed by atoms with Crippen LogP contribution < -0.4 is 14.9 Å². The summed E-state index contributed by atoms with van der Waals surface area (Å²) in [5.74, 6) is -1.40. The molecule has 1 N–H and O–H groups in total. The van der Waals surface area contributed by atoms with E-state index in [9.17, 15) is 14.4 Å². The lowest BCUT2D eigenvalue weighted by Gasteiger charge is -2.11. The summed E-state index contributed by atoms with van der Waals surface area (Å²) in [6, 6.07) is 35.3. The molecule has 0 aromatic heterocycles. The van der Waals surface area contributed by atoms with Crippen LogP contribution in [0.4, 0.5) is 0 Å². The third-order valence-corrected chi connectivity index (χ3v) is 6.03. The molecule has 5 aromatic rings. The fourth-order valence-corrected chi connectivity index (χ4v) is 4.07. The molecule has 0 heterocycles. The van der Waals surface area contributed by atoms with Crippen molar-refractivity contribution >= 4 is 34.8 Å². The summed E-state index contributed by atoms with van der Waals surface area (Å²) in [5, 5.41) is 6.13. The summed E-state index contributed by atoms with van der Waals surface area (Å²) >= 11 is 0. The zero-order chi connectivity index (χ0) is 27.7.